The van der Waals surface area contributed by atoms with Crippen LogP contribution < -0.4 is 10.1 Å². The second kappa shape index (κ2) is 7.98. The van der Waals surface area contributed by atoms with Crippen LogP contribution in [0.4, 0.5) is 8.78 Å². The van der Waals surface area contributed by atoms with Gasteiger partial charge >= 0.3 is 6.61 Å². The molecule has 1 aliphatic carbocycles. The van der Waals surface area contributed by atoms with E-state index in [2.05, 4.69) is 20.1 Å². The fourth-order valence-electron chi connectivity index (χ4n) is 3.60. The Hall–Kier alpha value is -3.29. The number of carbonyl (C=O) groups is 1. The highest BCUT2D eigenvalue weighted by atomic mass is 19.3. The number of fused-ring (bicyclic) bond motifs is 1. The van der Waals surface area contributed by atoms with Gasteiger partial charge in [-0.25, -0.2) is 4.98 Å². The third kappa shape index (κ3) is 4.26. The van der Waals surface area contributed by atoms with Crippen LogP contribution in [-0.4, -0.2) is 27.3 Å². The number of amides is 1. The van der Waals surface area contributed by atoms with Crippen LogP contribution in [0.1, 0.15) is 40.4 Å². The SMILES string of the molecule is Cn1cnc(-c2ccc(C(=O)NC3CCCc4cc(OC(F)F)ccc43)cc2)n1. The summed E-state index contributed by atoms with van der Waals surface area (Å²) in [5, 5.41) is 7.30. The Bertz CT molecular complexity index is 1020. The summed E-state index contributed by atoms with van der Waals surface area (Å²) >= 11 is 0. The summed E-state index contributed by atoms with van der Waals surface area (Å²) in [6.07, 6.45) is 4.05. The maximum Gasteiger partial charge on any atom is 0.387 e. The molecule has 0 radical (unpaired) electrons. The molecule has 2 aromatic carbocycles. The summed E-state index contributed by atoms with van der Waals surface area (Å²) in [4.78, 5) is 16.9. The Kier molecular flexibility index (Phi) is 5.24. The lowest BCUT2D eigenvalue weighted by atomic mass is 9.87. The molecule has 4 rings (SSSR count). The number of ether oxygens (including phenoxy) is 1. The summed E-state index contributed by atoms with van der Waals surface area (Å²) < 4.78 is 31.0. The number of hydrogen-bond acceptors (Lipinski definition) is 4. The van der Waals surface area contributed by atoms with E-state index in [0.717, 1.165) is 36.0 Å². The van der Waals surface area contributed by atoms with E-state index in [4.69, 9.17) is 0 Å². The van der Waals surface area contributed by atoms with Gasteiger partial charge in [0.25, 0.3) is 5.91 Å². The van der Waals surface area contributed by atoms with Crippen molar-refractivity contribution >= 4 is 5.91 Å². The first kappa shape index (κ1) is 19.0. The van der Waals surface area contributed by atoms with Gasteiger partial charge in [-0.15, -0.1) is 0 Å². The first-order valence-corrected chi connectivity index (χ1v) is 9.34. The molecule has 29 heavy (non-hydrogen) atoms. The number of nitrogens with one attached hydrogen (secondary N) is 1. The highest BCUT2D eigenvalue weighted by Crippen LogP contribution is 2.33. The van der Waals surface area contributed by atoms with Gasteiger partial charge in [0.15, 0.2) is 5.82 Å². The van der Waals surface area contributed by atoms with Crippen LogP contribution in [0, 0.1) is 0 Å². The highest BCUT2D eigenvalue weighted by molar-refractivity contribution is 5.94. The van der Waals surface area contributed by atoms with Crippen molar-refractivity contribution in [2.45, 2.75) is 31.9 Å². The third-order valence-corrected chi connectivity index (χ3v) is 4.96. The van der Waals surface area contributed by atoms with Gasteiger partial charge in [-0.3, -0.25) is 9.48 Å². The van der Waals surface area contributed by atoms with Gasteiger partial charge in [0, 0.05) is 18.2 Å². The molecule has 1 aliphatic rings. The molecule has 0 saturated heterocycles. The van der Waals surface area contributed by atoms with Crippen molar-refractivity contribution in [2.75, 3.05) is 0 Å². The summed E-state index contributed by atoms with van der Waals surface area (Å²) in [6.45, 7) is -2.85. The van der Waals surface area contributed by atoms with Crippen LogP contribution >= 0.6 is 0 Å². The molecule has 150 valence electrons. The molecule has 1 heterocycles. The number of rotatable bonds is 5. The van der Waals surface area contributed by atoms with Gasteiger partial charge in [0.2, 0.25) is 0 Å². The third-order valence-electron chi connectivity index (χ3n) is 4.96. The lowest BCUT2D eigenvalue weighted by Gasteiger charge is -2.27. The molecule has 1 aromatic heterocycles. The molecule has 0 aliphatic heterocycles. The molecule has 1 unspecified atom stereocenters. The summed E-state index contributed by atoms with van der Waals surface area (Å²) in [5.74, 6) is 0.559. The Balaban J connectivity index is 1.48. The molecule has 6 nitrogen and oxygen atoms in total. The lowest BCUT2D eigenvalue weighted by molar-refractivity contribution is -0.0499. The van der Waals surface area contributed by atoms with E-state index in [-0.39, 0.29) is 17.7 Å². The van der Waals surface area contributed by atoms with Crippen molar-refractivity contribution in [3.63, 3.8) is 0 Å². The van der Waals surface area contributed by atoms with Crippen molar-refractivity contribution in [3.05, 3.63) is 65.5 Å². The van der Waals surface area contributed by atoms with Crippen LogP contribution in [0.25, 0.3) is 11.4 Å². The first-order valence-electron chi connectivity index (χ1n) is 9.34. The van der Waals surface area contributed by atoms with Crippen LogP contribution in [0.3, 0.4) is 0 Å². The van der Waals surface area contributed by atoms with Crippen LogP contribution in [-0.2, 0) is 13.5 Å². The molecule has 1 N–H and O–H groups in total. The predicted molar refractivity (Wildman–Crippen MR) is 103 cm³/mol. The van der Waals surface area contributed by atoms with Crippen molar-refractivity contribution < 1.29 is 18.3 Å². The molecule has 0 saturated carbocycles. The van der Waals surface area contributed by atoms with E-state index in [0.29, 0.717) is 11.4 Å². The van der Waals surface area contributed by atoms with E-state index in [1.54, 1.807) is 42.3 Å². The predicted octanol–water partition coefficient (Wildman–Crippen LogP) is 3.89. The summed E-state index contributed by atoms with van der Waals surface area (Å²) in [5.41, 5.74) is 3.24. The fraction of sp³-hybridized carbons (Fsp3) is 0.286. The molecular weight excluding hydrogens is 378 g/mol. The van der Waals surface area contributed by atoms with Crippen molar-refractivity contribution in [3.8, 4) is 17.1 Å². The average molecular weight is 398 g/mol. The molecule has 1 amide bonds. The minimum atomic E-state index is -2.85. The standard InChI is InChI=1S/C21H20F2N4O2/c1-27-12-24-19(26-27)13-5-7-14(8-6-13)20(28)25-18-4-2-3-15-11-16(29-21(22)23)9-10-17(15)18/h5-12,18,21H,2-4H2,1H3,(H,25,28). The Morgan fingerprint density at radius 1 is 1.24 bits per heavy atom. The maximum atomic E-state index is 12.7. The normalized spacial score (nSPS) is 15.8. The summed E-state index contributed by atoms with van der Waals surface area (Å²) in [7, 11) is 1.79. The smallest absolute Gasteiger partial charge is 0.387 e. The Morgan fingerprint density at radius 2 is 2.03 bits per heavy atom. The zero-order valence-electron chi connectivity index (χ0n) is 15.8. The van der Waals surface area contributed by atoms with E-state index in [1.165, 1.54) is 6.07 Å². The van der Waals surface area contributed by atoms with E-state index < -0.39 is 6.61 Å². The van der Waals surface area contributed by atoms with E-state index in [1.807, 2.05) is 12.1 Å². The monoisotopic (exact) mass is 398 g/mol. The quantitative estimate of drug-likeness (QED) is 0.708. The van der Waals surface area contributed by atoms with Crippen LogP contribution in [0.15, 0.2) is 48.8 Å². The van der Waals surface area contributed by atoms with Crippen molar-refractivity contribution in [2.24, 2.45) is 7.05 Å². The topological polar surface area (TPSA) is 69.0 Å². The van der Waals surface area contributed by atoms with Crippen LogP contribution in [0.2, 0.25) is 0 Å². The van der Waals surface area contributed by atoms with Gasteiger partial charge in [0.05, 0.1) is 6.04 Å². The number of aryl methyl sites for hydroxylation is 2. The van der Waals surface area contributed by atoms with Crippen molar-refractivity contribution in [1.82, 2.24) is 20.1 Å². The van der Waals surface area contributed by atoms with Gasteiger partial charge in [-0.2, -0.15) is 13.9 Å². The molecule has 0 bridgehead atoms. The van der Waals surface area contributed by atoms with Gasteiger partial charge in [0.1, 0.15) is 12.1 Å². The second-order valence-corrected chi connectivity index (χ2v) is 6.98. The zero-order valence-corrected chi connectivity index (χ0v) is 15.8. The minimum absolute atomic E-state index is 0.143. The van der Waals surface area contributed by atoms with E-state index >= 15 is 0 Å². The number of benzene rings is 2. The van der Waals surface area contributed by atoms with Gasteiger partial charge < -0.3 is 10.1 Å². The first-order chi connectivity index (χ1) is 14.0. The number of halogens is 2. The molecular formula is C21H20F2N4O2. The second-order valence-electron chi connectivity index (χ2n) is 6.98. The number of alkyl halides is 2. The average Bonchev–Trinajstić information content (AvgIpc) is 3.14. The molecule has 0 spiro atoms. The lowest BCUT2D eigenvalue weighted by Crippen LogP contribution is -2.31. The number of carbonyl (C=O) groups excluding carboxylic acids is 1. The fourth-order valence-corrected chi connectivity index (χ4v) is 3.60. The van der Waals surface area contributed by atoms with Gasteiger partial charge in [-0.05, 0) is 54.7 Å². The molecule has 1 atom stereocenters. The number of aromatic nitrogens is 3. The summed E-state index contributed by atoms with van der Waals surface area (Å²) in [6, 6.07) is 11.9. The molecule has 3 aromatic rings. The number of hydrogen-bond donors (Lipinski definition) is 1. The highest BCUT2D eigenvalue weighted by Gasteiger charge is 2.23. The number of nitrogens with zero attached hydrogens (tertiary/aromatic N) is 3. The van der Waals surface area contributed by atoms with Gasteiger partial charge in [-0.1, -0.05) is 18.2 Å². The minimum Gasteiger partial charge on any atom is -0.435 e. The van der Waals surface area contributed by atoms with Crippen LogP contribution in [0.5, 0.6) is 5.75 Å². The van der Waals surface area contributed by atoms with E-state index in [9.17, 15) is 13.6 Å². The Morgan fingerprint density at radius 3 is 2.72 bits per heavy atom. The van der Waals surface area contributed by atoms with Crippen molar-refractivity contribution in [1.29, 1.82) is 0 Å². The Labute approximate surface area is 166 Å². The maximum absolute atomic E-state index is 12.7. The largest absolute Gasteiger partial charge is 0.435 e. The zero-order chi connectivity index (χ0) is 20.4. The molecule has 0 fully saturated rings. The molecule has 8 heteroatoms.